The number of hydrogen-bond acceptors (Lipinski definition) is 9. The number of aromatic nitrogens is 3. The third kappa shape index (κ3) is 7.02. The number of thioether (sulfide) groups is 1. The Morgan fingerprint density at radius 3 is 2.74 bits per heavy atom. The molecule has 1 aliphatic rings. The summed E-state index contributed by atoms with van der Waals surface area (Å²) in [6.45, 7) is 11.0. The molecule has 11 heteroatoms. The van der Waals surface area contributed by atoms with Gasteiger partial charge < -0.3 is 19.5 Å². The standard InChI is InChI=1S/C28H34N4O5S2/c1-5-14-32-23(16-37-20-13-12-18(4)15-21(20)35-6-2)30-31-28(32)38-17-24(33)29-26-25(27(34)36-7-3)19-10-8-9-11-22(19)39-26/h5,12-13,15H,1,6-11,14,16-17H2,2-4H3,(H,29,33). The van der Waals surface area contributed by atoms with Gasteiger partial charge in [-0.2, -0.15) is 0 Å². The molecule has 0 bridgehead atoms. The Morgan fingerprint density at radius 2 is 1.97 bits per heavy atom. The predicted molar refractivity (Wildman–Crippen MR) is 153 cm³/mol. The van der Waals surface area contributed by atoms with Gasteiger partial charge >= 0.3 is 5.97 Å². The summed E-state index contributed by atoms with van der Waals surface area (Å²) in [5, 5.41) is 12.7. The Labute approximate surface area is 236 Å². The van der Waals surface area contributed by atoms with E-state index in [-0.39, 0.29) is 30.8 Å². The second-order valence-electron chi connectivity index (χ2n) is 8.94. The lowest BCUT2D eigenvalue weighted by molar-refractivity contribution is -0.113. The van der Waals surface area contributed by atoms with Crippen molar-refractivity contribution >= 4 is 40.0 Å². The number of esters is 1. The number of carbonyl (C=O) groups excluding carboxylic acids is 2. The summed E-state index contributed by atoms with van der Waals surface area (Å²) in [5.74, 6) is 1.41. The number of aryl methyl sites for hydroxylation is 2. The molecule has 3 aromatic rings. The number of nitrogens with zero attached hydrogens (tertiary/aromatic N) is 3. The zero-order valence-electron chi connectivity index (χ0n) is 22.6. The number of nitrogens with one attached hydrogen (secondary N) is 1. The first kappa shape index (κ1) is 28.7. The Hall–Kier alpha value is -3.31. The molecular formula is C28H34N4O5S2. The predicted octanol–water partition coefficient (Wildman–Crippen LogP) is 5.60. The third-order valence-electron chi connectivity index (χ3n) is 6.10. The van der Waals surface area contributed by atoms with Crippen LogP contribution in [0.4, 0.5) is 5.00 Å². The largest absolute Gasteiger partial charge is 0.490 e. The van der Waals surface area contributed by atoms with Crippen LogP contribution in [0.25, 0.3) is 0 Å². The summed E-state index contributed by atoms with van der Waals surface area (Å²) in [5.41, 5.74) is 2.60. The smallest absolute Gasteiger partial charge is 0.341 e. The van der Waals surface area contributed by atoms with E-state index in [0.717, 1.165) is 41.7 Å². The van der Waals surface area contributed by atoms with Gasteiger partial charge in [0.25, 0.3) is 0 Å². The quantitative estimate of drug-likeness (QED) is 0.161. The molecule has 208 valence electrons. The number of carbonyl (C=O) groups is 2. The Balaban J connectivity index is 1.43. The minimum Gasteiger partial charge on any atom is -0.490 e. The van der Waals surface area contributed by atoms with Gasteiger partial charge in [0.15, 0.2) is 22.5 Å². The average molecular weight is 571 g/mol. The van der Waals surface area contributed by atoms with E-state index in [0.29, 0.717) is 46.2 Å². The van der Waals surface area contributed by atoms with Crippen molar-refractivity contribution in [2.24, 2.45) is 0 Å². The lowest BCUT2D eigenvalue weighted by Crippen LogP contribution is -2.17. The molecule has 2 aromatic heterocycles. The first-order valence-electron chi connectivity index (χ1n) is 13.1. The van der Waals surface area contributed by atoms with E-state index >= 15 is 0 Å². The topological polar surface area (TPSA) is 105 Å². The molecule has 0 saturated heterocycles. The van der Waals surface area contributed by atoms with Crippen LogP contribution in [-0.4, -0.2) is 45.6 Å². The van der Waals surface area contributed by atoms with E-state index in [1.807, 2.05) is 36.6 Å². The van der Waals surface area contributed by atoms with Gasteiger partial charge in [-0.1, -0.05) is 23.9 Å². The summed E-state index contributed by atoms with van der Waals surface area (Å²) in [7, 11) is 0. The van der Waals surface area contributed by atoms with Crippen LogP contribution < -0.4 is 14.8 Å². The number of anilines is 1. The van der Waals surface area contributed by atoms with Gasteiger partial charge in [0.1, 0.15) is 11.6 Å². The van der Waals surface area contributed by atoms with Crippen LogP contribution in [0.5, 0.6) is 11.5 Å². The van der Waals surface area contributed by atoms with Crippen LogP contribution in [-0.2, 0) is 35.5 Å². The Morgan fingerprint density at radius 1 is 1.15 bits per heavy atom. The van der Waals surface area contributed by atoms with Crippen molar-refractivity contribution in [2.45, 2.75) is 64.8 Å². The normalized spacial score (nSPS) is 12.5. The van der Waals surface area contributed by atoms with Gasteiger partial charge in [-0.25, -0.2) is 4.79 Å². The fraction of sp³-hybridized carbons (Fsp3) is 0.429. The summed E-state index contributed by atoms with van der Waals surface area (Å²) in [6, 6.07) is 5.77. The number of amides is 1. The van der Waals surface area contributed by atoms with Crippen LogP contribution >= 0.6 is 23.1 Å². The lowest BCUT2D eigenvalue weighted by Gasteiger charge is -2.13. The molecule has 0 radical (unpaired) electrons. The van der Waals surface area contributed by atoms with Gasteiger partial charge in [0.2, 0.25) is 5.91 Å². The molecule has 0 atom stereocenters. The molecular weight excluding hydrogens is 536 g/mol. The van der Waals surface area contributed by atoms with Crippen LogP contribution in [0.1, 0.15) is 58.9 Å². The van der Waals surface area contributed by atoms with Gasteiger partial charge in [0, 0.05) is 11.4 Å². The van der Waals surface area contributed by atoms with Crippen molar-refractivity contribution in [2.75, 3.05) is 24.3 Å². The monoisotopic (exact) mass is 570 g/mol. The number of hydrogen-bond donors (Lipinski definition) is 1. The van der Waals surface area contributed by atoms with Crippen molar-refractivity contribution in [3.63, 3.8) is 0 Å². The molecule has 1 aromatic carbocycles. The summed E-state index contributed by atoms with van der Waals surface area (Å²) in [4.78, 5) is 26.8. The molecule has 0 spiro atoms. The summed E-state index contributed by atoms with van der Waals surface area (Å²) >= 11 is 2.74. The van der Waals surface area contributed by atoms with Crippen molar-refractivity contribution < 1.29 is 23.8 Å². The molecule has 9 nitrogen and oxygen atoms in total. The number of ether oxygens (including phenoxy) is 3. The number of allylic oxidation sites excluding steroid dienone is 1. The second-order valence-corrected chi connectivity index (χ2v) is 11.0. The van der Waals surface area contributed by atoms with Crippen molar-refractivity contribution in [1.29, 1.82) is 0 Å². The highest BCUT2D eigenvalue weighted by molar-refractivity contribution is 7.99. The highest BCUT2D eigenvalue weighted by Gasteiger charge is 2.27. The van der Waals surface area contributed by atoms with E-state index in [1.165, 1.54) is 23.1 Å². The minimum atomic E-state index is -0.378. The summed E-state index contributed by atoms with van der Waals surface area (Å²) in [6.07, 6.45) is 5.61. The maximum atomic E-state index is 13.0. The van der Waals surface area contributed by atoms with Crippen LogP contribution in [0, 0.1) is 6.92 Å². The van der Waals surface area contributed by atoms with E-state index in [1.54, 1.807) is 13.0 Å². The molecule has 0 unspecified atom stereocenters. The number of rotatable bonds is 13. The van der Waals surface area contributed by atoms with Crippen LogP contribution in [0.15, 0.2) is 36.0 Å². The Bertz CT molecular complexity index is 1330. The maximum absolute atomic E-state index is 13.0. The van der Waals surface area contributed by atoms with Crippen molar-refractivity contribution in [3.05, 3.63) is 58.2 Å². The molecule has 0 aliphatic heterocycles. The number of thiophene rings is 1. The minimum absolute atomic E-state index is 0.105. The van der Waals surface area contributed by atoms with Gasteiger partial charge in [-0.3, -0.25) is 9.36 Å². The summed E-state index contributed by atoms with van der Waals surface area (Å²) < 4.78 is 18.9. The van der Waals surface area contributed by atoms with Gasteiger partial charge in [-0.05, 0) is 69.7 Å². The number of fused-ring (bicyclic) bond motifs is 1. The van der Waals surface area contributed by atoms with E-state index in [2.05, 4.69) is 22.1 Å². The first-order chi connectivity index (χ1) is 18.9. The zero-order valence-corrected chi connectivity index (χ0v) is 24.2. The lowest BCUT2D eigenvalue weighted by atomic mass is 9.95. The SMILES string of the molecule is C=CCn1c(COc2ccc(C)cc2OCC)nnc1SCC(=O)Nc1sc2c(c1C(=O)OCC)CCCC2. The first-order valence-corrected chi connectivity index (χ1v) is 14.9. The van der Waals surface area contributed by atoms with Crippen LogP contribution in [0.3, 0.4) is 0 Å². The fourth-order valence-corrected chi connectivity index (χ4v) is 6.42. The average Bonchev–Trinajstić information content (AvgIpc) is 3.48. The van der Waals surface area contributed by atoms with E-state index < -0.39 is 0 Å². The Kier molecular flexibility index (Phi) is 10.0. The third-order valence-corrected chi connectivity index (χ3v) is 8.27. The van der Waals surface area contributed by atoms with Crippen molar-refractivity contribution in [1.82, 2.24) is 14.8 Å². The molecule has 2 heterocycles. The fourth-order valence-electron chi connectivity index (χ4n) is 4.36. The molecule has 1 N–H and O–H groups in total. The maximum Gasteiger partial charge on any atom is 0.341 e. The highest BCUT2D eigenvalue weighted by atomic mass is 32.2. The molecule has 1 aliphatic carbocycles. The molecule has 1 amide bonds. The zero-order chi connectivity index (χ0) is 27.8. The van der Waals surface area contributed by atoms with Gasteiger partial charge in [0.05, 0.1) is 24.5 Å². The van der Waals surface area contributed by atoms with E-state index in [9.17, 15) is 9.59 Å². The molecule has 4 rings (SSSR count). The second kappa shape index (κ2) is 13.7. The molecule has 0 fully saturated rings. The van der Waals surface area contributed by atoms with Gasteiger partial charge in [-0.15, -0.1) is 28.1 Å². The highest BCUT2D eigenvalue weighted by Crippen LogP contribution is 2.39. The van der Waals surface area contributed by atoms with Crippen LogP contribution in [0.2, 0.25) is 0 Å². The number of benzene rings is 1. The molecule has 39 heavy (non-hydrogen) atoms. The van der Waals surface area contributed by atoms with Crippen molar-refractivity contribution in [3.8, 4) is 11.5 Å². The van der Waals surface area contributed by atoms with E-state index in [4.69, 9.17) is 14.2 Å². The molecule has 0 saturated carbocycles.